The molecule has 2 nitrogen and oxygen atoms in total. The van der Waals surface area contributed by atoms with Crippen LogP contribution in [0.4, 0.5) is 0 Å². The van der Waals surface area contributed by atoms with E-state index < -0.39 is 0 Å². The van der Waals surface area contributed by atoms with Crippen LogP contribution < -0.4 is 0 Å². The molecule has 84 valence electrons. The number of rotatable bonds is 4. The summed E-state index contributed by atoms with van der Waals surface area (Å²) >= 11 is 0. The lowest BCUT2D eigenvalue weighted by atomic mass is 9.90. The first-order valence-electron chi connectivity index (χ1n) is 6.05. The summed E-state index contributed by atoms with van der Waals surface area (Å²) in [5.41, 5.74) is 0.328. The van der Waals surface area contributed by atoms with E-state index in [1.165, 1.54) is 25.7 Å². The van der Waals surface area contributed by atoms with Crippen molar-refractivity contribution >= 4 is 0 Å². The lowest BCUT2D eigenvalue weighted by Crippen LogP contribution is -2.54. The predicted molar refractivity (Wildman–Crippen MR) is 59.8 cm³/mol. The summed E-state index contributed by atoms with van der Waals surface area (Å²) in [7, 11) is 2.24. The zero-order chi connectivity index (χ0) is 10.8. The van der Waals surface area contributed by atoms with Crippen LogP contribution >= 0.6 is 0 Å². The molecule has 3 atom stereocenters. The van der Waals surface area contributed by atoms with E-state index in [2.05, 4.69) is 34.7 Å². The Morgan fingerprint density at radius 1 is 1.36 bits per heavy atom. The van der Waals surface area contributed by atoms with E-state index in [0.29, 0.717) is 11.6 Å². The van der Waals surface area contributed by atoms with Crippen molar-refractivity contribution in [3.63, 3.8) is 0 Å². The van der Waals surface area contributed by atoms with Crippen LogP contribution in [0.25, 0.3) is 0 Å². The van der Waals surface area contributed by atoms with Crippen LogP contribution in [0.15, 0.2) is 0 Å². The van der Waals surface area contributed by atoms with Crippen LogP contribution in [0.2, 0.25) is 0 Å². The molecule has 0 radical (unpaired) electrons. The molecule has 1 aliphatic rings. The van der Waals surface area contributed by atoms with Gasteiger partial charge in [-0.2, -0.15) is 9.48 Å². The maximum absolute atomic E-state index is 6.18. The monoisotopic (exact) mass is 200 g/mol. The third-order valence-corrected chi connectivity index (χ3v) is 4.17. The topological polar surface area (TPSA) is 9.23 Å². The highest BCUT2D eigenvalue weighted by atomic mass is 16.7. The minimum absolute atomic E-state index is 0.328. The van der Waals surface area contributed by atoms with Crippen LogP contribution in [0.5, 0.6) is 0 Å². The summed E-state index contributed by atoms with van der Waals surface area (Å²) in [6, 6.07) is 0. The summed E-state index contributed by atoms with van der Waals surface area (Å²) in [6.45, 7) is 10.2. The van der Waals surface area contributed by atoms with Gasteiger partial charge < -0.3 is 0 Å². The fourth-order valence-corrected chi connectivity index (χ4v) is 2.59. The van der Waals surface area contributed by atoms with Crippen LogP contribution in [-0.4, -0.2) is 29.9 Å². The fraction of sp³-hybridized carbons (Fsp3) is 1.00. The zero-order valence-corrected chi connectivity index (χ0v) is 10.5. The van der Waals surface area contributed by atoms with E-state index in [4.69, 9.17) is 4.84 Å². The largest absolute Gasteiger partial charge is 0.199 e. The van der Waals surface area contributed by atoms with E-state index in [0.717, 1.165) is 11.2 Å². The third-order valence-electron chi connectivity index (χ3n) is 4.17. The van der Waals surface area contributed by atoms with E-state index in [9.17, 15) is 0 Å². The molecule has 14 heavy (non-hydrogen) atoms. The molecule has 3 unspecified atom stereocenters. The summed E-state index contributed by atoms with van der Waals surface area (Å²) in [4.78, 5) is 6.18. The van der Waals surface area contributed by atoms with E-state index in [1.807, 2.05) is 0 Å². The molecular formula is C12H26NO+. The van der Waals surface area contributed by atoms with Crippen molar-refractivity contribution in [2.75, 3.05) is 13.6 Å². The van der Waals surface area contributed by atoms with Gasteiger partial charge in [0.2, 0.25) is 0 Å². The van der Waals surface area contributed by atoms with Crippen LogP contribution in [-0.2, 0) is 4.84 Å². The van der Waals surface area contributed by atoms with Gasteiger partial charge in [-0.05, 0) is 20.3 Å². The Morgan fingerprint density at radius 2 is 2.00 bits per heavy atom. The van der Waals surface area contributed by atoms with Gasteiger partial charge in [0, 0.05) is 12.8 Å². The Balaban J connectivity index is 2.75. The zero-order valence-electron chi connectivity index (χ0n) is 10.5. The van der Waals surface area contributed by atoms with Gasteiger partial charge in [0.1, 0.15) is 18.2 Å². The summed E-state index contributed by atoms with van der Waals surface area (Å²) < 4.78 is 0.800. The number of hydroxylamine groups is 3. The minimum atomic E-state index is 0.328. The predicted octanol–water partition coefficient (Wildman–Crippen LogP) is 3.13. The van der Waals surface area contributed by atoms with E-state index in [-0.39, 0.29) is 0 Å². The molecule has 0 amide bonds. The van der Waals surface area contributed by atoms with Gasteiger partial charge in [0.05, 0.1) is 7.05 Å². The molecule has 0 bridgehead atoms. The van der Waals surface area contributed by atoms with Gasteiger partial charge in [0.25, 0.3) is 0 Å². The van der Waals surface area contributed by atoms with E-state index in [1.54, 1.807) is 0 Å². The molecule has 0 spiro atoms. The van der Waals surface area contributed by atoms with Gasteiger partial charge in [-0.3, -0.25) is 0 Å². The normalized spacial score (nSPS) is 43.1. The van der Waals surface area contributed by atoms with Crippen molar-refractivity contribution in [1.29, 1.82) is 0 Å². The molecule has 1 rings (SSSR count). The highest BCUT2D eigenvalue weighted by Gasteiger charge is 2.53. The van der Waals surface area contributed by atoms with Crippen LogP contribution in [0, 0.1) is 0 Å². The van der Waals surface area contributed by atoms with Crippen LogP contribution in [0.3, 0.4) is 0 Å². The molecule has 0 saturated carbocycles. The molecule has 0 aromatic carbocycles. The second-order valence-electron chi connectivity index (χ2n) is 4.99. The van der Waals surface area contributed by atoms with Crippen molar-refractivity contribution in [2.45, 2.75) is 65.0 Å². The second kappa shape index (κ2) is 4.19. The lowest BCUT2D eigenvalue weighted by Gasteiger charge is -2.38. The SMILES string of the molecule is CCCC1CC(C)(CC)[N+](C)(CC)O1. The Labute approximate surface area is 88.8 Å². The minimum Gasteiger partial charge on any atom is -0.199 e. The molecular weight excluding hydrogens is 174 g/mol. The molecule has 1 saturated heterocycles. The second-order valence-corrected chi connectivity index (χ2v) is 4.99. The molecule has 0 aromatic rings. The quantitative estimate of drug-likeness (QED) is 0.634. The number of hydrogen-bond acceptors (Lipinski definition) is 1. The Bertz CT molecular complexity index is 177. The molecule has 1 fully saturated rings. The maximum Gasteiger partial charge on any atom is 0.128 e. The van der Waals surface area contributed by atoms with Crippen molar-refractivity contribution in [3.8, 4) is 0 Å². The van der Waals surface area contributed by atoms with Gasteiger partial charge in [0.15, 0.2) is 0 Å². The first-order valence-corrected chi connectivity index (χ1v) is 6.05. The highest BCUT2D eigenvalue weighted by Crippen LogP contribution is 2.40. The van der Waals surface area contributed by atoms with Crippen molar-refractivity contribution in [1.82, 2.24) is 0 Å². The lowest BCUT2D eigenvalue weighted by molar-refractivity contribution is -1.11. The van der Waals surface area contributed by atoms with E-state index >= 15 is 0 Å². The highest BCUT2D eigenvalue weighted by molar-refractivity contribution is 4.81. The average Bonchev–Trinajstić information content (AvgIpc) is 2.41. The number of quaternary nitrogens is 1. The van der Waals surface area contributed by atoms with Crippen molar-refractivity contribution < 1.29 is 9.48 Å². The summed E-state index contributed by atoms with van der Waals surface area (Å²) in [5.74, 6) is 0. The standard InChI is InChI=1S/C12H26NO/c1-6-9-11-10-12(4,7-2)13(5,8-3)14-11/h11H,6-10H2,1-5H3/q+1. The first-order chi connectivity index (χ1) is 6.51. The first kappa shape index (κ1) is 12.0. The Kier molecular flexibility index (Phi) is 3.59. The van der Waals surface area contributed by atoms with Crippen LogP contribution in [0.1, 0.15) is 53.4 Å². The number of nitrogens with zero attached hydrogens (tertiary/aromatic N) is 1. The van der Waals surface area contributed by atoms with Crippen molar-refractivity contribution in [2.24, 2.45) is 0 Å². The van der Waals surface area contributed by atoms with Gasteiger partial charge in [-0.25, -0.2) is 0 Å². The summed E-state index contributed by atoms with van der Waals surface area (Å²) in [6.07, 6.45) is 5.35. The molecule has 1 heterocycles. The Hall–Kier alpha value is -0.0800. The van der Waals surface area contributed by atoms with Gasteiger partial charge in [-0.15, -0.1) is 0 Å². The molecule has 0 aliphatic carbocycles. The molecule has 1 aliphatic heterocycles. The molecule has 0 N–H and O–H groups in total. The van der Waals surface area contributed by atoms with Gasteiger partial charge in [-0.1, -0.05) is 20.3 Å². The molecule has 2 heteroatoms. The van der Waals surface area contributed by atoms with Crippen molar-refractivity contribution in [3.05, 3.63) is 0 Å². The van der Waals surface area contributed by atoms with Gasteiger partial charge >= 0.3 is 0 Å². The maximum atomic E-state index is 6.18. The Morgan fingerprint density at radius 3 is 2.36 bits per heavy atom. The smallest absolute Gasteiger partial charge is 0.128 e. The fourth-order valence-electron chi connectivity index (χ4n) is 2.59. The number of hydrogen-bond donors (Lipinski definition) is 0. The third kappa shape index (κ3) is 1.82. The average molecular weight is 200 g/mol. The molecule has 0 aromatic heterocycles. The summed E-state index contributed by atoms with van der Waals surface area (Å²) in [5, 5.41) is 0.